The van der Waals surface area contributed by atoms with Gasteiger partial charge in [-0.15, -0.1) is 0 Å². The van der Waals surface area contributed by atoms with E-state index in [2.05, 4.69) is 26.2 Å². The smallest absolute Gasteiger partial charge is 0.303 e. The van der Waals surface area contributed by atoms with Crippen LogP contribution in [0.1, 0.15) is 44.9 Å². The van der Waals surface area contributed by atoms with Crippen LogP contribution in [0.3, 0.4) is 0 Å². The third-order valence-corrected chi connectivity index (χ3v) is 4.44. The van der Waals surface area contributed by atoms with E-state index in [9.17, 15) is 9.59 Å². The van der Waals surface area contributed by atoms with E-state index in [0.717, 1.165) is 36.6 Å². The molecule has 0 unspecified atom stereocenters. The number of carboxylic acid groups (broad SMARTS) is 1. The Hall–Kier alpha value is -1.43. The SMILES string of the molecule is O=C(O)CC1(CC(=O)Nc2ccc(Br)cn2)CCCCC1. The maximum absolute atomic E-state index is 12.2. The van der Waals surface area contributed by atoms with Gasteiger partial charge >= 0.3 is 5.97 Å². The van der Waals surface area contributed by atoms with Crippen LogP contribution in [0.5, 0.6) is 0 Å². The molecule has 0 saturated heterocycles. The van der Waals surface area contributed by atoms with Crippen molar-refractivity contribution in [1.82, 2.24) is 4.98 Å². The van der Waals surface area contributed by atoms with E-state index in [1.165, 1.54) is 0 Å². The van der Waals surface area contributed by atoms with Gasteiger partial charge in [-0.3, -0.25) is 9.59 Å². The van der Waals surface area contributed by atoms with E-state index in [4.69, 9.17) is 5.11 Å². The molecule has 2 rings (SSSR count). The lowest BCUT2D eigenvalue weighted by Crippen LogP contribution is -2.32. The van der Waals surface area contributed by atoms with Crippen LogP contribution < -0.4 is 5.32 Å². The molecular formula is C15H19BrN2O3. The second kappa shape index (κ2) is 7.02. The van der Waals surface area contributed by atoms with Gasteiger partial charge in [0.2, 0.25) is 5.91 Å². The molecule has 6 heteroatoms. The maximum atomic E-state index is 12.2. The molecule has 1 aliphatic rings. The Bertz CT molecular complexity index is 510. The van der Waals surface area contributed by atoms with Gasteiger partial charge in [0.05, 0.1) is 6.42 Å². The Morgan fingerprint density at radius 2 is 1.95 bits per heavy atom. The van der Waals surface area contributed by atoms with Crippen LogP contribution in [-0.4, -0.2) is 22.0 Å². The van der Waals surface area contributed by atoms with Gasteiger partial charge in [0.25, 0.3) is 0 Å². The number of aliphatic carboxylic acids is 1. The van der Waals surface area contributed by atoms with Crippen molar-refractivity contribution in [1.29, 1.82) is 0 Å². The third-order valence-electron chi connectivity index (χ3n) is 3.97. The number of halogens is 1. The summed E-state index contributed by atoms with van der Waals surface area (Å²) in [5, 5.41) is 11.9. The van der Waals surface area contributed by atoms with Crippen LogP contribution in [-0.2, 0) is 9.59 Å². The second-order valence-electron chi connectivity index (χ2n) is 5.72. The summed E-state index contributed by atoms with van der Waals surface area (Å²) in [6.07, 6.45) is 6.65. The molecule has 1 aromatic rings. The molecular weight excluding hydrogens is 336 g/mol. The molecule has 1 aromatic heterocycles. The first-order valence-electron chi connectivity index (χ1n) is 7.12. The number of hydrogen-bond acceptors (Lipinski definition) is 3. The van der Waals surface area contributed by atoms with Crippen molar-refractivity contribution in [3.63, 3.8) is 0 Å². The van der Waals surface area contributed by atoms with E-state index in [1.54, 1.807) is 18.3 Å². The Kier molecular flexibility index (Phi) is 5.33. The highest BCUT2D eigenvalue weighted by molar-refractivity contribution is 9.10. The lowest BCUT2D eigenvalue weighted by Gasteiger charge is -2.35. The molecule has 1 fully saturated rings. The summed E-state index contributed by atoms with van der Waals surface area (Å²) in [5.74, 6) is -0.496. The average molecular weight is 355 g/mol. The third kappa shape index (κ3) is 4.81. The minimum atomic E-state index is -0.827. The lowest BCUT2D eigenvalue weighted by molar-refractivity contribution is -0.140. The van der Waals surface area contributed by atoms with E-state index in [-0.39, 0.29) is 18.7 Å². The van der Waals surface area contributed by atoms with Crippen LogP contribution in [0.4, 0.5) is 5.82 Å². The molecule has 1 amide bonds. The molecule has 21 heavy (non-hydrogen) atoms. The van der Waals surface area contributed by atoms with Gasteiger partial charge in [-0.2, -0.15) is 0 Å². The van der Waals surface area contributed by atoms with E-state index in [0.29, 0.717) is 5.82 Å². The van der Waals surface area contributed by atoms with Gasteiger partial charge in [-0.25, -0.2) is 4.98 Å². The highest BCUT2D eigenvalue weighted by Gasteiger charge is 2.36. The second-order valence-corrected chi connectivity index (χ2v) is 6.63. The number of carboxylic acids is 1. The van der Waals surface area contributed by atoms with Gasteiger partial charge in [-0.05, 0) is 46.3 Å². The van der Waals surface area contributed by atoms with Gasteiger partial charge in [0.15, 0.2) is 0 Å². The minimum Gasteiger partial charge on any atom is -0.481 e. The van der Waals surface area contributed by atoms with Gasteiger partial charge in [0.1, 0.15) is 5.82 Å². The first-order chi connectivity index (χ1) is 9.99. The molecule has 0 radical (unpaired) electrons. The molecule has 2 N–H and O–H groups in total. The van der Waals surface area contributed by atoms with Crippen molar-refractivity contribution < 1.29 is 14.7 Å². The number of nitrogens with zero attached hydrogens (tertiary/aromatic N) is 1. The topological polar surface area (TPSA) is 79.3 Å². The summed E-state index contributed by atoms with van der Waals surface area (Å²) >= 11 is 3.29. The quantitative estimate of drug-likeness (QED) is 0.846. The number of nitrogens with one attached hydrogen (secondary N) is 1. The highest BCUT2D eigenvalue weighted by Crippen LogP contribution is 2.42. The van der Waals surface area contributed by atoms with Gasteiger partial charge < -0.3 is 10.4 Å². The standard InChI is InChI=1S/C15H19BrN2O3/c16-11-4-5-12(17-10-11)18-13(19)8-15(9-14(20)21)6-2-1-3-7-15/h4-5,10H,1-3,6-9H2,(H,20,21)(H,17,18,19). The van der Waals surface area contributed by atoms with Crippen molar-refractivity contribution in [2.75, 3.05) is 5.32 Å². The zero-order chi connectivity index (χ0) is 15.3. The summed E-state index contributed by atoms with van der Waals surface area (Å²) in [7, 11) is 0. The molecule has 1 aliphatic carbocycles. The maximum Gasteiger partial charge on any atom is 0.303 e. The first kappa shape index (κ1) is 15.9. The van der Waals surface area contributed by atoms with Crippen LogP contribution in [0.2, 0.25) is 0 Å². The van der Waals surface area contributed by atoms with Crippen LogP contribution in [0.25, 0.3) is 0 Å². The van der Waals surface area contributed by atoms with Crippen molar-refractivity contribution >= 4 is 33.6 Å². The average Bonchev–Trinajstić information content (AvgIpc) is 2.41. The van der Waals surface area contributed by atoms with Gasteiger partial charge in [0, 0.05) is 17.1 Å². The predicted molar refractivity (Wildman–Crippen MR) is 83.0 cm³/mol. The molecule has 0 spiro atoms. The van der Waals surface area contributed by atoms with Crippen molar-refractivity contribution in [3.05, 3.63) is 22.8 Å². The molecule has 0 bridgehead atoms. The van der Waals surface area contributed by atoms with Crippen molar-refractivity contribution in [2.45, 2.75) is 44.9 Å². The predicted octanol–water partition coefficient (Wildman–Crippen LogP) is 3.60. The fraction of sp³-hybridized carbons (Fsp3) is 0.533. The molecule has 0 atom stereocenters. The number of anilines is 1. The van der Waals surface area contributed by atoms with E-state index < -0.39 is 11.4 Å². The zero-order valence-corrected chi connectivity index (χ0v) is 13.4. The number of carbonyl (C=O) groups is 2. The van der Waals surface area contributed by atoms with E-state index in [1.807, 2.05) is 0 Å². The summed E-state index contributed by atoms with van der Waals surface area (Å²) in [6.45, 7) is 0. The number of pyridine rings is 1. The molecule has 1 heterocycles. The van der Waals surface area contributed by atoms with Crippen LogP contribution in [0.15, 0.2) is 22.8 Å². The highest BCUT2D eigenvalue weighted by atomic mass is 79.9. The lowest BCUT2D eigenvalue weighted by atomic mass is 9.69. The Labute approximate surface area is 132 Å². The van der Waals surface area contributed by atoms with Crippen LogP contribution >= 0.6 is 15.9 Å². The number of aromatic nitrogens is 1. The Morgan fingerprint density at radius 3 is 2.52 bits per heavy atom. The number of carbonyl (C=O) groups excluding carboxylic acids is 1. The molecule has 0 aliphatic heterocycles. The molecule has 0 aromatic carbocycles. The zero-order valence-electron chi connectivity index (χ0n) is 11.8. The Morgan fingerprint density at radius 1 is 1.24 bits per heavy atom. The first-order valence-corrected chi connectivity index (χ1v) is 7.92. The fourth-order valence-electron chi connectivity index (χ4n) is 3.02. The minimum absolute atomic E-state index is 0.0637. The summed E-state index contributed by atoms with van der Waals surface area (Å²) in [5.41, 5.74) is -0.399. The monoisotopic (exact) mass is 354 g/mol. The molecule has 114 valence electrons. The molecule has 1 saturated carbocycles. The van der Waals surface area contributed by atoms with Crippen LogP contribution in [0, 0.1) is 5.41 Å². The Balaban J connectivity index is 2.00. The number of amides is 1. The number of hydrogen-bond donors (Lipinski definition) is 2. The normalized spacial score (nSPS) is 17.2. The van der Waals surface area contributed by atoms with Crippen molar-refractivity contribution in [3.8, 4) is 0 Å². The molecule has 5 nitrogen and oxygen atoms in total. The largest absolute Gasteiger partial charge is 0.481 e. The summed E-state index contributed by atoms with van der Waals surface area (Å²) in [4.78, 5) is 27.4. The van der Waals surface area contributed by atoms with Gasteiger partial charge in [-0.1, -0.05) is 19.3 Å². The van der Waals surface area contributed by atoms with Crippen molar-refractivity contribution in [2.24, 2.45) is 5.41 Å². The summed E-state index contributed by atoms with van der Waals surface area (Å²) in [6, 6.07) is 3.52. The fourth-order valence-corrected chi connectivity index (χ4v) is 3.25. The summed E-state index contributed by atoms with van der Waals surface area (Å²) < 4.78 is 0.843. The number of rotatable bonds is 5. The van der Waals surface area contributed by atoms with E-state index >= 15 is 0 Å².